The molecule has 1 N–H and O–H groups in total. The number of rotatable bonds is 7. The molecule has 1 aliphatic heterocycles. The summed E-state index contributed by atoms with van der Waals surface area (Å²) in [4.78, 5) is 23.5. The number of carbonyl (C=O) groups is 2. The fourth-order valence-electron chi connectivity index (χ4n) is 3.19. The van der Waals surface area contributed by atoms with E-state index >= 15 is 0 Å². The first kappa shape index (κ1) is 19.9. The molecular formula is C21H21ClN2O4. The molecule has 2 aromatic carbocycles. The molecule has 0 aromatic heterocycles. The van der Waals surface area contributed by atoms with Crippen LogP contribution in [0.15, 0.2) is 53.6 Å². The second-order valence-electron chi connectivity index (χ2n) is 6.50. The summed E-state index contributed by atoms with van der Waals surface area (Å²) in [6.07, 6.45) is 0.867. The van der Waals surface area contributed by atoms with Crippen LogP contribution in [0.4, 0.5) is 0 Å². The lowest BCUT2D eigenvalue weighted by Crippen LogP contribution is -2.27. The van der Waals surface area contributed by atoms with Crippen LogP contribution in [0.1, 0.15) is 42.9 Å². The quantitative estimate of drug-likeness (QED) is 0.752. The van der Waals surface area contributed by atoms with Gasteiger partial charge in [0.1, 0.15) is 5.75 Å². The normalized spacial score (nSPS) is 16.0. The van der Waals surface area contributed by atoms with Gasteiger partial charge in [0.05, 0.1) is 18.9 Å². The average molecular weight is 401 g/mol. The Kier molecular flexibility index (Phi) is 6.31. The Morgan fingerprint density at radius 1 is 1.18 bits per heavy atom. The van der Waals surface area contributed by atoms with Crippen molar-refractivity contribution in [1.29, 1.82) is 0 Å². The Balaban J connectivity index is 1.87. The lowest BCUT2D eigenvalue weighted by Gasteiger charge is -2.22. The Hall–Kier alpha value is -2.86. The highest BCUT2D eigenvalue weighted by atomic mass is 35.5. The molecular weight excluding hydrogens is 380 g/mol. The number of aliphatic carboxylic acids is 1. The van der Waals surface area contributed by atoms with Crippen molar-refractivity contribution in [1.82, 2.24) is 5.01 Å². The molecule has 0 radical (unpaired) electrons. The van der Waals surface area contributed by atoms with Gasteiger partial charge in [-0.3, -0.25) is 9.59 Å². The van der Waals surface area contributed by atoms with Gasteiger partial charge in [0.25, 0.3) is 0 Å². The molecule has 1 aliphatic rings. The first-order valence-corrected chi connectivity index (χ1v) is 9.37. The molecule has 0 bridgehead atoms. The van der Waals surface area contributed by atoms with E-state index in [2.05, 4.69) is 5.10 Å². The van der Waals surface area contributed by atoms with Crippen LogP contribution in [0.3, 0.4) is 0 Å². The molecule has 3 rings (SSSR count). The third-order valence-corrected chi connectivity index (χ3v) is 4.98. The zero-order chi connectivity index (χ0) is 20.1. The SMILES string of the molecule is COc1ccc(C2=NN(C(=O)CCCC(=O)O)C(c3ccccc3Cl)C2)cc1. The molecule has 0 aliphatic carbocycles. The van der Waals surface area contributed by atoms with E-state index in [0.717, 1.165) is 22.6 Å². The maximum absolute atomic E-state index is 12.8. The van der Waals surface area contributed by atoms with E-state index < -0.39 is 5.97 Å². The summed E-state index contributed by atoms with van der Waals surface area (Å²) < 4.78 is 5.19. The van der Waals surface area contributed by atoms with Crippen LogP contribution in [0.2, 0.25) is 5.02 Å². The number of hydrogen-bond donors (Lipinski definition) is 1. The zero-order valence-electron chi connectivity index (χ0n) is 15.5. The van der Waals surface area contributed by atoms with Gasteiger partial charge in [-0.15, -0.1) is 0 Å². The highest BCUT2D eigenvalue weighted by Gasteiger charge is 2.33. The first-order chi connectivity index (χ1) is 13.5. The average Bonchev–Trinajstić information content (AvgIpc) is 3.13. The molecule has 28 heavy (non-hydrogen) atoms. The van der Waals surface area contributed by atoms with Gasteiger partial charge in [0, 0.05) is 24.3 Å². The van der Waals surface area contributed by atoms with Crippen molar-refractivity contribution in [2.45, 2.75) is 31.7 Å². The monoisotopic (exact) mass is 400 g/mol. The van der Waals surface area contributed by atoms with Crippen LogP contribution in [0.5, 0.6) is 5.75 Å². The van der Waals surface area contributed by atoms with Gasteiger partial charge in [-0.25, -0.2) is 5.01 Å². The molecule has 2 aromatic rings. The molecule has 7 heteroatoms. The number of halogens is 1. The van der Waals surface area contributed by atoms with Gasteiger partial charge >= 0.3 is 5.97 Å². The molecule has 0 spiro atoms. The van der Waals surface area contributed by atoms with E-state index in [4.69, 9.17) is 21.4 Å². The van der Waals surface area contributed by atoms with Gasteiger partial charge in [0.2, 0.25) is 5.91 Å². The van der Waals surface area contributed by atoms with Crippen molar-refractivity contribution in [3.05, 3.63) is 64.7 Å². The lowest BCUT2D eigenvalue weighted by molar-refractivity contribution is -0.137. The minimum Gasteiger partial charge on any atom is -0.497 e. The topological polar surface area (TPSA) is 79.2 Å². The Bertz CT molecular complexity index is 896. The van der Waals surface area contributed by atoms with Crippen LogP contribution in [-0.2, 0) is 9.59 Å². The van der Waals surface area contributed by atoms with E-state index in [9.17, 15) is 9.59 Å². The zero-order valence-corrected chi connectivity index (χ0v) is 16.2. The van der Waals surface area contributed by atoms with E-state index in [1.165, 1.54) is 5.01 Å². The molecule has 0 saturated carbocycles. The van der Waals surface area contributed by atoms with Gasteiger partial charge in [-0.1, -0.05) is 29.8 Å². The van der Waals surface area contributed by atoms with Crippen molar-refractivity contribution in [2.75, 3.05) is 7.11 Å². The molecule has 146 valence electrons. The summed E-state index contributed by atoms with van der Waals surface area (Å²) in [6.45, 7) is 0. The van der Waals surface area contributed by atoms with E-state index in [1.54, 1.807) is 13.2 Å². The Morgan fingerprint density at radius 2 is 1.89 bits per heavy atom. The minimum atomic E-state index is -0.917. The van der Waals surface area contributed by atoms with E-state index in [1.807, 2.05) is 42.5 Å². The number of ether oxygens (including phenoxy) is 1. The summed E-state index contributed by atoms with van der Waals surface area (Å²) >= 11 is 6.37. The fourth-order valence-corrected chi connectivity index (χ4v) is 3.45. The molecule has 6 nitrogen and oxygen atoms in total. The van der Waals surface area contributed by atoms with Crippen LogP contribution in [0, 0.1) is 0 Å². The van der Waals surface area contributed by atoms with Crippen LogP contribution < -0.4 is 4.74 Å². The third kappa shape index (κ3) is 4.51. The molecule has 0 fully saturated rings. The molecule has 1 atom stereocenters. The number of carboxylic acid groups (broad SMARTS) is 1. The van der Waals surface area contributed by atoms with Crippen LogP contribution >= 0.6 is 11.6 Å². The number of methoxy groups -OCH3 is 1. The Morgan fingerprint density at radius 3 is 2.54 bits per heavy atom. The van der Waals surface area contributed by atoms with Gasteiger partial charge < -0.3 is 9.84 Å². The number of hydrogen-bond acceptors (Lipinski definition) is 4. The molecule has 0 saturated heterocycles. The number of hydrazone groups is 1. The van der Waals surface area contributed by atoms with E-state index in [-0.39, 0.29) is 31.2 Å². The van der Waals surface area contributed by atoms with Crippen molar-refractivity contribution in [3.8, 4) is 5.75 Å². The summed E-state index contributed by atoms with van der Waals surface area (Å²) in [5.41, 5.74) is 2.50. The highest BCUT2D eigenvalue weighted by Crippen LogP contribution is 2.36. The summed E-state index contributed by atoms with van der Waals surface area (Å²) in [5, 5.41) is 15.4. The number of carbonyl (C=O) groups excluding carboxylic acids is 1. The third-order valence-electron chi connectivity index (χ3n) is 4.63. The maximum atomic E-state index is 12.8. The van der Waals surface area contributed by atoms with Gasteiger partial charge in [-0.05, 0) is 47.9 Å². The van der Waals surface area contributed by atoms with Crippen molar-refractivity contribution >= 4 is 29.2 Å². The second kappa shape index (κ2) is 8.89. The number of amides is 1. The van der Waals surface area contributed by atoms with Crippen molar-refractivity contribution < 1.29 is 19.4 Å². The smallest absolute Gasteiger partial charge is 0.303 e. The lowest BCUT2D eigenvalue weighted by atomic mass is 9.98. The van der Waals surface area contributed by atoms with Gasteiger partial charge in [-0.2, -0.15) is 5.10 Å². The first-order valence-electron chi connectivity index (χ1n) is 8.99. The van der Waals surface area contributed by atoms with Crippen molar-refractivity contribution in [2.24, 2.45) is 5.10 Å². The minimum absolute atomic E-state index is 0.0502. The van der Waals surface area contributed by atoms with Crippen molar-refractivity contribution in [3.63, 3.8) is 0 Å². The summed E-state index contributed by atoms with van der Waals surface area (Å²) in [6, 6.07) is 14.6. The van der Waals surface area contributed by atoms with E-state index in [0.29, 0.717) is 11.4 Å². The largest absolute Gasteiger partial charge is 0.497 e. The number of nitrogens with zero attached hydrogens (tertiary/aromatic N) is 2. The molecule has 1 heterocycles. The summed E-state index contributed by atoms with van der Waals surface area (Å²) in [7, 11) is 1.60. The second-order valence-corrected chi connectivity index (χ2v) is 6.91. The number of carboxylic acids is 1. The summed E-state index contributed by atoms with van der Waals surface area (Å²) in [5.74, 6) is -0.388. The standard InChI is InChI=1S/C21H21ClN2O4/c1-28-15-11-9-14(10-12-15)18-13-19(16-5-2-3-6-17(16)22)24(23-18)20(25)7-4-8-21(26)27/h2-3,5-6,9-12,19H,4,7-8,13H2,1H3,(H,26,27). The molecule has 1 amide bonds. The number of benzene rings is 2. The maximum Gasteiger partial charge on any atom is 0.303 e. The predicted octanol–water partition coefficient (Wildman–Crippen LogP) is 4.28. The predicted molar refractivity (Wildman–Crippen MR) is 107 cm³/mol. The molecule has 1 unspecified atom stereocenters. The van der Waals surface area contributed by atoms with Gasteiger partial charge in [0.15, 0.2) is 0 Å². The van der Waals surface area contributed by atoms with Crippen LogP contribution in [-0.4, -0.2) is 34.8 Å². The highest BCUT2D eigenvalue weighted by molar-refractivity contribution is 6.31. The Labute approximate surface area is 168 Å². The van der Waals surface area contributed by atoms with Crippen LogP contribution in [0.25, 0.3) is 0 Å². The fraction of sp³-hybridized carbons (Fsp3) is 0.286.